The number of hydrogen-bond acceptors (Lipinski definition) is 3. The van der Waals surface area contributed by atoms with E-state index in [4.69, 9.17) is 0 Å². The van der Waals surface area contributed by atoms with Crippen LogP contribution >= 0.6 is 0 Å². The van der Waals surface area contributed by atoms with Gasteiger partial charge in [0.1, 0.15) is 5.82 Å². The third-order valence-electron chi connectivity index (χ3n) is 3.56. The third-order valence-corrected chi connectivity index (χ3v) is 3.56. The molecule has 3 heteroatoms. The number of aliphatic hydroxyl groups excluding tert-OH is 1. The van der Waals surface area contributed by atoms with Crippen LogP contribution in [0.2, 0.25) is 0 Å². The van der Waals surface area contributed by atoms with Crippen molar-refractivity contribution in [3.63, 3.8) is 0 Å². The van der Waals surface area contributed by atoms with Gasteiger partial charge in [0.2, 0.25) is 0 Å². The maximum atomic E-state index is 9.55. The van der Waals surface area contributed by atoms with Crippen molar-refractivity contribution >= 4 is 5.82 Å². The zero-order chi connectivity index (χ0) is 11.7. The zero-order valence-electron chi connectivity index (χ0n) is 10.2. The van der Waals surface area contributed by atoms with Crippen molar-refractivity contribution in [2.45, 2.75) is 26.9 Å². The second-order valence-electron chi connectivity index (χ2n) is 4.98. The van der Waals surface area contributed by atoms with E-state index in [-0.39, 0.29) is 0 Å². The lowest BCUT2D eigenvalue weighted by Crippen LogP contribution is -2.20. The standard InChI is InChI=1S/C13H20N2O/c1-9-7-15(8-10(9)2)13-6-12(11(3)16)4-5-14-13/h4-6,9-11,16H,7-8H2,1-3H3/t9?,10?,11-/m1/s1. The molecule has 1 aromatic rings. The molecule has 2 heterocycles. The molecule has 1 N–H and O–H groups in total. The summed E-state index contributed by atoms with van der Waals surface area (Å²) in [6.45, 7) is 8.48. The fraction of sp³-hybridized carbons (Fsp3) is 0.615. The van der Waals surface area contributed by atoms with Crippen molar-refractivity contribution in [1.82, 2.24) is 4.98 Å². The fourth-order valence-corrected chi connectivity index (χ4v) is 2.18. The summed E-state index contributed by atoms with van der Waals surface area (Å²) < 4.78 is 0. The van der Waals surface area contributed by atoms with E-state index >= 15 is 0 Å². The number of nitrogens with zero attached hydrogens (tertiary/aromatic N) is 2. The topological polar surface area (TPSA) is 36.4 Å². The molecule has 16 heavy (non-hydrogen) atoms. The number of aliphatic hydroxyl groups is 1. The summed E-state index contributed by atoms with van der Waals surface area (Å²) in [5.74, 6) is 2.43. The Bertz CT molecular complexity index is 355. The lowest BCUT2D eigenvalue weighted by atomic mass is 10.0. The predicted molar refractivity (Wildman–Crippen MR) is 65.4 cm³/mol. The molecular weight excluding hydrogens is 200 g/mol. The highest BCUT2D eigenvalue weighted by Crippen LogP contribution is 2.27. The van der Waals surface area contributed by atoms with Gasteiger partial charge in [-0.05, 0) is 36.5 Å². The highest BCUT2D eigenvalue weighted by atomic mass is 16.3. The van der Waals surface area contributed by atoms with Gasteiger partial charge in [-0.2, -0.15) is 0 Å². The van der Waals surface area contributed by atoms with Crippen LogP contribution in [0.1, 0.15) is 32.4 Å². The van der Waals surface area contributed by atoms with E-state index in [0.29, 0.717) is 0 Å². The van der Waals surface area contributed by atoms with E-state index in [1.807, 2.05) is 12.1 Å². The molecule has 0 aliphatic carbocycles. The highest BCUT2D eigenvalue weighted by molar-refractivity contribution is 5.42. The van der Waals surface area contributed by atoms with Crippen LogP contribution in [0.4, 0.5) is 5.82 Å². The van der Waals surface area contributed by atoms with Gasteiger partial charge in [-0.25, -0.2) is 4.98 Å². The van der Waals surface area contributed by atoms with E-state index < -0.39 is 6.10 Å². The average molecular weight is 220 g/mol. The Labute approximate surface area is 97.1 Å². The smallest absolute Gasteiger partial charge is 0.128 e. The van der Waals surface area contributed by atoms with Crippen molar-refractivity contribution in [1.29, 1.82) is 0 Å². The second kappa shape index (κ2) is 4.42. The molecule has 1 saturated heterocycles. The summed E-state index contributed by atoms with van der Waals surface area (Å²) in [6.07, 6.45) is 1.37. The Kier molecular flexibility index (Phi) is 3.15. The van der Waals surface area contributed by atoms with Crippen LogP contribution in [-0.4, -0.2) is 23.2 Å². The monoisotopic (exact) mass is 220 g/mol. The van der Waals surface area contributed by atoms with Crippen molar-refractivity contribution in [2.24, 2.45) is 11.8 Å². The first kappa shape index (κ1) is 11.4. The minimum Gasteiger partial charge on any atom is -0.389 e. The normalized spacial score (nSPS) is 27.1. The molecule has 3 atom stereocenters. The zero-order valence-corrected chi connectivity index (χ0v) is 10.2. The van der Waals surface area contributed by atoms with Crippen LogP contribution in [0.25, 0.3) is 0 Å². The molecule has 1 aromatic heterocycles. The summed E-state index contributed by atoms with van der Waals surface area (Å²) in [6, 6.07) is 3.87. The van der Waals surface area contributed by atoms with Gasteiger partial charge in [-0.1, -0.05) is 13.8 Å². The van der Waals surface area contributed by atoms with Gasteiger partial charge in [-0.15, -0.1) is 0 Å². The Morgan fingerprint density at radius 3 is 2.56 bits per heavy atom. The molecule has 0 spiro atoms. The van der Waals surface area contributed by atoms with Crippen LogP contribution in [0, 0.1) is 11.8 Å². The van der Waals surface area contributed by atoms with Gasteiger partial charge in [-0.3, -0.25) is 0 Å². The Morgan fingerprint density at radius 1 is 1.38 bits per heavy atom. The minimum absolute atomic E-state index is 0.417. The highest BCUT2D eigenvalue weighted by Gasteiger charge is 2.26. The van der Waals surface area contributed by atoms with Gasteiger partial charge in [0.05, 0.1) is 6.10 Å². The Balaban J connectivity index is 2.18. The molecule has 1 aliphatic rings. The molecule has 0 saturated carbocycles. The second-order valence-corrected chi connectivity index (χ2v) is 4.98. The van der Waals surface area contributed by atoms with Crippen LogP contribution in [0.15, 0.2) is 18.3 Å². The van der Waals surface area contributed by atoms with E-state index in [2.05, 4.69) is 23.7 Å². The molecule has 2 unspecified atom stereocenters. The predicted octanol–water partition coefficient (Wildman–Crippen LogP) is 2.23. The first-order valence-electron chi connectivity index (χ1n) is 5.97. The number of hydrogen-bond donors (Lipinski definition) is 1. The molecule has 1 fully saturated rings. The van der Waals surface area contributed by atoms with Crippen LogP contribution in [-0.2, 0) is 0 Å². The van der Waals surface area contributed by atoms with Crippen LogP contribution < -0.4 is 4.90 Å². The van der Waals surface area contributed by atoms with Gasteiger partial charge in [0, 0.05) is 19.3 Å². The molecule has 0 bridgehead atoms. The summed E-state index contributed by atoms with van der Waals surface area (Å²) >= 11 is 0. The Hall–Kier alpha value is -1.09. The largest absolute Gasteiger partial charge is 0.389 e. The number of aromatic nitrogens is 1. The number of rotatable bonds is 2. The molecule has 1 aliphatic heterocycles. The lowest BCUT2D eigenvalue weighted by molar-refractivity contribution is 0.199. The summed E-state index contributed by atoms with van der Waals surface area (Å²) in [4.78, 5) is 6.69. The molecule has 0 amide bonds. The maximum Gasteiger partial charge on any atom is 0.128 e. The van der Waals surface area contributed by atoms with E-state index in [0.717, 1.165) is 36.3 Å². The van der Waals surface area contributed by atoms with Crippen LogP contribution in [0.3, 0.4) is 0 Å². The van der Waals surface area contributed by atoms with E-state index in [9.17, 15) is 5.11 Å². The van der Waals surface area contributed by atoms with Crippen molar-refractivity contribution in [3.05, 3.63) is 23.9 Å². The average Bonchev–Trinajstić information content (AvgIpc) is 2.59. The quantitative estimate of drug-likeness (QED) is 0.830. The molecule has 88 valence electrons. The summed E-state index contributed by atoms with van der Waals surface area (Å²) in [5.41, 5.74) is 0.942. The number of anilines is 1. The van der Waals surface area contributed by atoms with Crippen molar-refractivity contribution < 1.29 is 5.11 Å². The third kappa shape index (κ3) is 2.19. The van der Waals surface area contributed by atoms with Crippen LogP contribution in [0.5, 0.6) is 0 Å². The summed E-state index contributed by atoms with van der Waals surface area (Å²) in [7, 11) is 0. The van der Waals surface area contributed by atoms with Gasteiger partial charge >= 0.3 is 0 Å². The number of pyridine rings is 1. The Morgan fingerprint density at radius 2 is 2.00 bits per heavy atom. The molecular formula is C13H20N2O. The lowest BCUT2D eigenvalue weighted by Gasteiger charge is -2.18. The van der Waals surface area contributed by atoms with Crippen molar-refractivity contribution in [2.75, 3.05) is 18.0 Å². The molecule has 3 nitrogen and oxygen atoms in total. The van der Waals surface area contributed by atoms with E-state index in [1.54, 1.807) is 13.1 Å². The molecule has 0 radical (unpaired) electrons. The SMILES string of the molecule is CC1CN(c2cc([C@@H](C)O)ccn2)CC1C. The van der Waals surface area contributed by atoms with Gasteiger partial charge in [0.15, 0.2) is 0 Å². The molecule has 0 aromatic carbocycles. The van der Waals surface area contributed by atoms with Crippen molar-refractivity contribution in [3.8, 4) is 0 Å². The van der Waals surface area contributed by atoms with E-state index in [1.165, 1.54) is 0 Å². The first-order valence-corrected chi connectivity index (χ1v) is 5.97. The molecule has 2 rings (SSSR count). The van der Waals surface area contributed by atoms with Gasteiger partial charge in [0.25, 0.3) is 0 Å². The minimum atomic E-state index is -0.417. The maximum absolute atomic E-state index is 9.55. The fourth-order valence-electron chi connectivity index (χ4n) is 2.18. The first-order chi connectivity index (χ1) is 7.58. The summed E-state index contributed by atoms with van der Waals surface area (Å²) in [5, 5.41) is 9.55. The van der Waals surface area contributed by atoms with Gasteiger partial charge < -0.3 is 10.0 Å².